The van der Waals surface area contributed by atoms with Crippen LogP contribution in [0.4, 0.5) is 10.5 Å². The predicted octanol–water partition coefficient (Wildman–Crippen LogP) is 6.34. The lowest BCUT2D eigenvalue weighted by molar-refractivity contribution is 0.109. The number of carbonyl (C=O) groups is 1. The van der Waals surface area contributed by atoms with E-state index in [0.29, 0.717) is 17.1 Å². The second-order valence-electron chi connectivity index (χ2n) is 5.98. The highest BCUT2D eigenvalue weighted by Gasteiger charge is 2.26. The Hall–Kier alpha value is -2.43. The molecule has 0 radical (unpaired) electrons. The van der Waals surface area contributed by atoms with Crippen molar-refractivity contribution in [1.29, 1.82) is 0 Å². The maximum atomic E-state index is 12.4. The van der Waals surface area contributed by atoms with E-state index in [4.69, 9.17) is 16.3 Å². The lowest BCUT2D eigenvalue weighted by Crippen LogP contribution is -2.19. The first-order chi connectivity index (χ1) is 12.7. The maximum absolute atomic E-state index is 12.4. The normalized spacial score (nSPS) is 15.3. The molecule has 3 aromatic carbocycles. The number of rotatable bonds is 2. The molecule has 0 bridgehead atoms. The van der Waals surface area contributed by atoms with Crippen LogP contribution in [0.5, 0.6) is 0 Å². The Balaban J connectivity index is 1.63. The number of halogens is 1. The second kappa shape index (κ2) is 7.44. The van der Waals surface area contributed by atoms with Gasteiger partial charge in [0.15, 0.2) is 0 Å². The number of nitrogens with one attached hydrogen (secondary N) is 1. The molecule has 0 aromatic heterocycles. The first-order valence-corrected chi connectivity index (χ1v) is 9.46. The molecule has 0 aliphatic carbocycles. The van der Waals surface area contributed by atoms with Crippen LogP contribution in [0.3, 0.4) is 0 Å². The number of anilines is 1. The average molecular weight is 382 g/mol. The minimum absolute atomic E-state index is 0.399. The van der Waals surface area contributed by atoms with Gasteiger partial charge in [0, 0.05) is 32.5 Å². The molecule has 0 saturated heterocycles. The largest absolute Gasteiger partial charge is 0.441 e. The molecule has 0 spiro atoms. The molecule has 3 aromatic rings. The van der Waals surface area contributed by atoms with Crippen LogP contribution in [-0.2, 0) is 11.2 Å². The van der Waals surface area contributed by atoms with Gasteiger partial charge >= 0.3 is 6.09 Å². The maximum Gasteiger partial charge on any atom is 0.412 e. The molecular weight excluding hydrogens is 366 g/mol. The first-order valence-electron chi connectivity index (χ1n) is 8.27. The number of amides is 1. The molecule has 1 aliphatic rings. The van der Waals surface area contributed by atoms with Crippen LogP contribution in [-0.4, -0.2) is 6.09 Å². The topological polar surface area (TPSA) is 38.3 Å². The van der Waals surface area contributed by atoms with Crippen LogP contribution in [0.25, 0.3) is 0 Å². The zero-order chi connectivity index (χ0) is 17.9. The summed E-state index contributed by atoms with van der Waals surface area (Å²) in [5, 5.41) is 3.41. The van der Waals surface area contributed by atoms with E-state index in [9.17, 15) is 4.79 Å². The second-order valence-corrected chi connectivity index (χ2v) is 7.50. The molecule has 1 atom stereocenters. The third-order valence-electron chi connectivity index (χ3n) is 4.19. The molecule has 5 heteroatoms. The average Bonchev–Trinajstić information content (AvgIpc) is 2.79. The van der Waals surface area contributed by atoms with Crippen LogP contribution in [0.2, 0.25) is 5.02 Å². The SMILES string of the molecule is O=C(Nc1ccccc1)OC1Cc2ccccc2Sc2ccc(Cl)cc21. The van der Waals surface area contributed by atoms with Crippen LogP contribution in [0.15, 0.2) is 82.6 Å². The Morgan fingerprint density at radius 3 is 2.62 bits per heavy atom. The monoisotopic (exact) mass is 381 g/mol. The molecule has 130 valence electrons. The number of benzene rings is 3. The van der Waals surface area contributed by atoms with Gasteiger partial charge in [-0.15, -0.1) is 0 Å². The minimum Gasteiger partial charge on any atom is -0.441 e. The molecule has 4 rings (SSSR count). The van der Waals surface area contributed by atoms with Crippen LogP contribution in [0.1, 0.15) is 17.2 Å². The van der Waals surface area contributed by atoms with Crippen LogP contribution < -0.4 is 5.32 Å². The van der Waals surface area contributed by atoms with E-state index in [1.54, 1.807) is 11.8 Å². The van der Waals surface area contributed by atoms with Gasteiger partial charge in [-0.3, -0.25) is 5.32 Å². The Kier molecular flexibility index (Phi) is 4.87. The van der Waals surface area contributed by atoms with Crippen LogP contribution in [0, 0.1) is 0 Å². The molecule has 0 fully saturated rings. The van der Waals surface area contributed by atoms with Gasteiger partial charge in [-0.2, -0.15) is 0 Å². The quantitative estimate of drug-likeness (QED) is 0.563. The number of para-hydroxylation sites is 1. The Morgan fingerprint density at radius 1 is 1.00 bits per heavy atom. The highest BCUT2D eigenvalue weighted by molar-refractivity contribution is 7.99. The number of hydrogen-bond donors (Lipinski definition) is 1. The van der Waals surface area contributed by atoms with Gasteiger partial charge in [-0.1, -0.05) is 59.8 Å². The third kappa shape index (κ3) is 3.71. The number of hydrogen-bond acceptors (Lipinski definition) is 3. The fraction of sp³-hybridized carbons (Fsp3) is 0.0952. The van der Waals surface area contributed by atoms with E-state index < -0.39 is 12.2 Å². The van der Waals surface area contributed by atoms with E-state index >= 15 is 0 Å². The van der Waals surface area contributed by atoms with Crippen molar-refractivity contribution in [3.05, 3.63) is 88.9 Å². The smallest absolute Gasteiger partial charge is 0.412 e. The van der Waals surface area contributed by atoms with Crippen molar-refractivity contribution in [3.63, 3.8) is 0 Å². The first kappa shape index (κ1) is 17.0. The summed E-state index contributed by atoms with van der Waals surface area (Å²) in [5.74, 6) is 0. The summed E-state index contributed by atoms with van der Waals surface area (Å²) in [4.78, 5) is 14.7. The van der Waals surface area contributed by atoms with E-state index in [-0.39, 0.29) is 0 Å². The van der Waals surface area contributed by atoms with Crippen molar-refractivity contribution in [2.24, 2.45) is 0 Å². The fourth-order valence-corrected chi connectivity index (χ4v) is 4.26. The van der Waals surface area contributed by atoms with Gasteiger partial charge in [0.25, 0.3) is 0 Å². The molecule has 1 heterocycles. The zero-order valence-electron chi connectivity index (χ0n) is 13.8. The van der Waals surface area contributed by atoms with Crippen molar-refractivity contribution in [2.45, 2.75) is 22.3 Å². The molecule has 1 amide bonds. The molecule has 26 heavy (non-hydrogen) atoms. The van der Waals surface area contributed by atoms with Crippen LogP contribution >= 0.6 is 23.4 Å². The highest BCUT2D eigenvalue weighted by atomic mass is 35.5. The number of carbonyl (C=O) groups excluding carboxylic acids is 1. The van der Waals surface area contributed by atoms with Gasteiger partial charge in [-0.05, 0) is 42.0 Å². The molecule has 0 saturated carbocycles. The lowest BCUT2D eigenvalue weighted by Gasteiger charge is -2.19. The van der Waals surface area contributed by atoms with E-state index in [0.717, 1.165) is 16.0 Å². The van der Waals surface area contributed by atoms with E-state index in [2.05, 4.69) is 17.4 Å². The predicted molar refractivity (Wildman–Crippen MR) is 105 cm³/mol. The number of fused-ring (bicyclic) bond motifs is 2. The van der Waals surface area contributed by atoms with Crippen molar-refractivity contribution in [1.82, 2.24) is 0 Å². The molecule has 1 N–H and O–H groups in total. The van der Waals surface area contributed by atoms with E-state index in [1.165, 1.54) is 4.90 Å². The molecule has 3 nitrogen and oxygen atoms in total. The standard InChI is InChI=1S/C21H16ClNO2S/c22-15-10-11-20-17(13-15)18(12-14-6-4-5-9-19(14)26-20)25-21(24)23-16-7-2-1-3-8-16/h1-11,13,18H,12H2,(H,23,24). The summed E-state index contributed by atoms with van der Waals surface area (Å²) < 4.78 is 5.79. The van der Waals surface area contributed by atoms with Crippen molar-refractivity contribution in [2.75, 3.05) is 5.32 Å². The fourth-order valence-electron chi connectivity index (χ4n) is 2.97. The third-order valence-corrected chi connectivity index (χ3v) is 5.63. The molecular formula is C21H16ClNO2S. The number of ether oxygens (including phenoxy) is 1. The summed E-state index contributed by atoms with van der Waals surface area (Å²) in [7, 11) is 0. The molecule has 1 unspecified atom stereocenters. The van der Waals surface area contributed by atoms with Gasteiger partial charge in [0.2, 0.25) is 0 Å². The van der Waals surface area contributed by atoms with Crippen molar-refractivity contribution in [3.8, 4) is 0 Å². The summed E-state index contributed by atoms with van der Waals surface area (Å²) in [6, 6.07) is 23.2. The Morgan fingerprint density at radius 2 is 1.77 bits per heavy atom. The summed E-state index contributed by atoms with van der Waals surface area (Å²) >= 11 is 7.88. The Labute approximate surface area is 161 Å². The van der Waals surface area contributed by atoms with Crippen molar-refractivity contribution < 1.29 is 9.53 Å². The summed E-state index contributed by atoms with van der Waals surface area (Å²) in [6.07, 6.45) is -0.265. The van der Waals surface area contributed by atoms with Gasteiger partial charge < -0.3 is 4.74 Å². The summed E-state index contributed by atoms with van der Waals surface area (Å²) in [6.45, 7) is 0. The van der Waals surface area contributed by atoms with Gasteiger partial charge in [0.05, 0.1) is 0 Å². The van der Waals surface area contributed by atoms with Gasteiger partial charge in [-0.25, -0.2) is 4.79 Å². The molecule has 1 aliphatic heterocycles. The highest BCUT2D eigenvalue weighted by Crippen LogP contribution is 2.42. The minimum atomic E-state index is -0.475. The summed E-state index contributed by atoms with van der Waals surface area (Å²) in [5.41, 5.74) is 2.79. The van der Waals surface area contributed by atoms with Crippen molar-refractivity contribution >= 4 is 35.1 Å². The lowest BCUT2D eigenvalue weighted by atomic mass is 10.0. The van der Waals surface area contributed by atoms with Gasteiger partial charge in [0.1, 0.15) is 6.10 Å². The Bertz CT molecular complexity index is 946. The zero-order valence-corrected chi connectivity index (χ0v) is 15.4. The van der Waals surface area contributed by atoms with E-state index in [1.807, 2.05) is 60.7 Å².